The molecule has 0 radical (unpaired) electrons. The van der Waals surface area contributed by atoms with E-state index in [1.807, 2.05) is 0 Å². The highest BCUT2D eigenvalue weighted by atomic mass is 32.2. The Labute approximate surface area is 178 Å². The summed E-state index contributed by atoms with van der Waals surface area (Å²) in [4.78, 5) is 21.6. The van der Waals surface area contributed by atoms with Crippen molar-refractivity contribution in [3.05, 3.63) is 51.9 Å². The van der Waals surface area contributed by atoms with Gasteiger partial charge in [-0.25, -0.2) is 13.4 Å². The number of aromatic nitrogens is 3. The Morgan fingerprint density at radius 2 is 2.00 bits per heavy atom. The van der Waals surface area contributed by atoms with Crippen molar-refractivity contribution in [2.24, 2.45) is 0 Å². The highest BCUT2D eigenvalue weighted by Gasteiger charge is 2.40. The van der Waals surface area contributed by atoms with Crippen molar-refractivity contribution in [2.45, 2.75) is 49.3 Å². The second-order valence-corrected chi connectivity index (χ2v) is 10.6. The predicted octanol–water partition coefficient (Wildman–Crippen LogP) is 2.15. The maximum absolute atomic E-state index is 12.8. The van der Waals surface area contributed by atoms with Crippen LogP contribution in [0.5, 0.6) is 5.75 Å². The Balaban J connectivity index is 1.57. The molecule has 5 rings (SSSR count). The number of anilines is 2. The molecule has 1 fully saturated rings. The van der Waals surface area contributed by atoms with E-state index in [9.17, 15) is 23.4 Å². The first kappa shape index (κ1) is 20.0. The van der Waals surface area contributed by atoms with Crippen molar-refractivity contribution in [1.29, 1.82) is 0 Å². The van der Waals surface area contributed by atoms with E-state index in [4.69, 9.17) is 0 Å². The normalized spacial score (nSPS) is 24.4. The van der Waals surface area contributed by atoms with Crippen LogP contribution in [-0.2, 0) is 21.3 Å². The average molecular weight is 442 g/mol. The van der Waals surface area contributed by atoms with E-state index in [1.165, 1.54) is 16.8 Å². The number of nitrogens with one attached hydrogen (secondary N) is 1. The maximum Gasteiger partial charge on any atom is 0.294 e. The molecule has 3 aromatic rings. The molecule has 0 unspecified atom stereocenters. The summed E-state index contributed by atoms with van der Waals surface area (Å²) in [5, 5.41) is 24.4. The summed E-state index contributed by atoms with van der Waals surface area (Å²) in [6.07, 6.45) is 3.41. The Morgan fingerprint density at radius 3 is 2.74 bits per heavy atom. The molecule has 0 spiro atoms. The lowest BCUT2D eigenvalue weighted by Crippen LogP contribution is -2.37. The Hall–Kier alpha value is -2.98. The summed E-state index contributed by atoms with van der Waals surface area (Å²) in [5.74, 6) is -0.137. The van der Waals surface area contributed by atoms with Crippen LogP contribution in [0.1, 0.15) is 43.4 Å². The number of aliphatic hydroxyl groups is 1. The number of fused-ring (bicyclic) bond motifs is 2. The summed E-state index contributed by atoms with van der Waals surface area (Å²) < 4.78 is 25.1. The van der Waals surface area contributed by atoms with E-state index < -0.39 is 32.8 Å². The minimum Gasteiger partial charge on any atom is -0.503 e. The molecule has 162 valence electrons. The van der Waals surface area contributed by atoms with Gasteiger partial charge in [-0.1, -0.05) is 6.07 Å². The lowest BCUT2D eigenvalue weighted by atomic mass is 10.00. The zero-order valence-electron chi connectivity index (χ0n) is 16.9. The third-order valence-electron chi connectivity index (χ3n) is 6.16. The quantitative estimate of drug-likeness (QED) is 0.562. The molecule has 10 heteroatoms. The summed E-state index contributed by atoms with van der Waals surface area (Å²) in [5.41, 5.74) is 0.792. The highest BCUT2D eigenvalue weighted by Crippen LogP contribution is 2.39. The largest absolute Gasteiger partial charge is 0.503 e. The van der Waals surface area contributed by atoms with Crippen molar-refractivity contribution < 1.29 is 18.6 Å². The molecule has 2 aromatic heterocycles. The molecular formula is C21H22N4O5S. The first-order valence-corrected chi connectivity index (χ1v) is 11.9. The van der Waals surface area contributed by atoms with Gasteiger partial charge in [0.25, 0.3) is 5.56 Å². The number of nitrogens with zero attached hydrogens (tertiary/aromatic N) is 3. The number of benzene rings is 1. The SMILES string of the molecule is C[C@@]1(O)CCC[C@H]1n1c(=O)c(O)cc2cnc(Nc3ccc4c(c3)CS(=O)(=O)C4)nc21. The van der Waals surface area contributed by atoms with Gasteiger partial charge in [-0.2, -0.15) is 4.98 Å². The van der Waals surface area contributed by atoms with Gasteiger partial charge in [-0.3, -0.25) is 9.36 Å². The lowest BCUT2D eigenvalue weighted by Gasteiger charge is -2.28. The van der Waals surface area contributed by atoms with Crippen LogP contribution in [0.4, 0.5) is 11.6 Å². The van der Waals surface area contributed by atoms with Crippen LogP contribution in [0, 0.1) is 0 Å². The fourth-order valence-electron chi connectivity index (χ4n) is 4.63. The number of hydrogen-bond donors (Lipinski definition) is 3. The summed E-state index contributed by atoms with van der Waals surface area (Å²) >= 11 is 0. The van der Waals surface area contributed by atoms with Crippen LogP contribution < -0.4 is 10.9 Å². The number of pyridine rings is 1. The van der Waals surface area contributed by atoms with Crippen LogP contribution in [0.25, 0.3) is 11.0 Å². The molecule has 2 atom stereocenters. The van der Waals surface area contributed by atoms with E-state index in [0.29, 0.717) is 29.6 Å². The van der Waals surface area contributed by atoms with Gasteiger partial charge in [-0.05, 0) is 55.5 Å². The van der Waals surface area contributed by atoms with Gasteiger partial charge < -0.3 is 15.5 Å². The molecule has 2 aliphatic rings. The Kier molecular flexibility index (Phi) is 4.35. The molecule has 1 saturated carbocycles. The third kappa shape index (κ3) is 3.45. The molecule has 0 bridgehead atoms. The lowest BCUT2D eigenvalue weighted by molar-refractivity contribution is 0.0265. The molecule has 3 N–H and O–H groups in total. The predicted molar refractivity (Wildman–Crippen MR) is 115 cm³/mol. The highest BCUT2D eigenvalue weighted by molar-refractivity contribution is 7.90. The van der Waals surface area contributed by atoms with E-state index >= 15 is 0 Å². The first-order chi connectivity index (χ1) is 14.6. The third-order valence-corrected chi connectivity index (χ3v) is 7.66. The molecule has 1 aromatic carbocycles. The van der Waals surface area contributed by atoms with Crippen molar-refractivity contribution in [3.8, 4) is 5.75 Å². The van der Waals surface area contributed by atoms with Gasteiger partial charge in [0.15, 0.2) is 15.6 Å². The van der Waals surface area contributed by atoms with E-state index in [2.05, 4.69) is 15.3 Å². The van der Waals surface area contributed by atoms with Gasteiger partial charge in [0.2, 0.25) is 5.95 Å². The van der Waals surface area contributed by atoms with Crippen LogP contribution in [-0.4, -0.2) is 38.8 Å². The zero-order valence-corrected chi connectivity index (χ0v) is 17.7. The van der Waals surface area contributed by atoms with Crippen LogP contribution in [0.15, 0.2) is 35.3 Å². The number of hydrogen-bond acceptors (Lipinski definition) is 8. The summed E-state index contributed by atoms with van der Waals surface area (Å²) in [6.45, 7) is 1.69. The van der Waals surface area contributed by atoms with Gasteiger partial charge >= 0.3 is 0 Å². The smallest absolute Gasteiger partial charge is 0.294 e. The molecule has 0 amide bonds. The van der Waals surface area contributed by atoms with Gasteiger partial charge in [0, 0.05) is 17.3 Å². The Morgan fingerprint density at radius 1 is 1.23 bits per heavy atom. The van der Waals surface area contributed by atoms with Crippen LogP contribution >= 0.6 is 0 Å². The molecule has 1 aliphatic carbocycles. The van der Waals surface area contributed by atoms with Crippen molar-refractivity contribution >= 4 is 32.5 Å². The van der Waals surface area contributed by atoms with Gasteiger partial charge in [0.05, 0.1) is 23.1 Å². The van der Waals surface area contributed by atoms with Crippen LogP contribution in [0.3, 0.4) is 0 Å². The summed E-state index contributed by atoms with van der Waals surface area (Å²) in [7, 11) is -3.10. The first-order valence-electron chi connectivity index (χ1n) is 10.1. The maximum atomic E-state index is 12.8. The van der Waals surface area contributed by atoms with Gasteiger partial charge in [0.1, 0.15) is 5.65 Å². The van der Waals surface area contributed by atoms with Crippen LogP contribution in [0.2, 0.25) is 0 Å². The monoisotopic (exact) mass is 442 g/mol. The molecule has 9 nitrogen and oxygen atoms in total. The number of rotatable bonds is 3. The van der Waals surface area contributed by atoms with Crippen molar-refractivity contribution in [3.63, 3.8) is 0 Å². The van der Waals surface area contributed by atoms with Crippen molar-refractivity contribution in [1.82, 2.24) is 14.5 Å². The molecule has 31 heavy (non-hydrogen) atoms. The Bertz CT molecular complexity index is 1380. The fraction of sp³-hybridized carbons (Fsp3) is 0.381. The average Bonchev–Trinajstić information content (AvgIpc) is 3.19. The van der Waals surface area contributed by atoms with Gasteiger partial charge in [-0.15, -0.1) is 0 Å². The number of aromatic hydroxyl groups is 1. The molecule has 0 saturated heterocycles. The standard InChI is InChI=1S/C21H22N4O5S/c1-21(28)6-2-3-17(21)25-18-13(8-16(26)19(25)27)9-22-20(24-18)23-15-5-4-12-10-31(29,30)11-14(12)7-15/h4-5,7-9,17,26,28H,2-3,6,10-11H2,1H3,(H,22,23,24)/t17-,21-/m1/s1. The molecular weight excluding hydrogens is 420 g/mol. The topological polar surface area (TPSA) is 134 Å². The minimum atomic E-state index is -3.10. The number of sulfone groups is 1. The summed E-state index contributed by atoms with van der Waals surface area (Å²) in [6, 6.07) is 6.11. The zero-order chi connectivity index (χ0) is 22.0. The second kappa shape index (κ2) is 6.76. The van der Waals surface area contributed by atoms with Crippen molar-refractivity contribution in [2.75, 3.05) is 5.32 Å². The van der Waals surface area contributed by atoms with E-state index in [1.54, 1.807) is 25.1 Å². The van der Waals surface area contributed by atoms with E-state index in [0.717, 1.165) is 17.5 Å². The second-order valence-electron chi connectivity index (χ2n) is 8.58. The molecule has 3 heterocycles. The minimum absolute atomic E-state index is 0.00596. The van der Waals surface area contributed by atoms with E-state index in [-0.39, 0.29) is 17.5 Å². The molecule has 1 aliphatic heterocycles. The fourth-order valence-corrected chi connectivity index (χ4v) is 6.23.